The summed E-state index contributed by atoms with van der Waals surface area (Å²) in [5, 5.41) is 0. The normalized spacial score (nSPS) is 29.0. The summed E-state index contributed by atoms with van der Waals surface area (Å²) >= 11 is 5.48. The highest BCUT2D eigenvalue weighted by Gasteiger charge is 2.49. The van der Waals surface area contributed by atoms with Gasteiger partial charge in [-0.1, -0.05) is 24.4 Å². The maximum Gasteiger partial charge on any atom is 0.411 e. The number of carbonyl (C=O) groups is 2. The molecule has 0 aromatic carbocycles. The van der Waals surface area contributed by atoms with Gasteiger partial charge in [-0.25, -0.2) is 9.59 Å². The highest BCUT2D eigenvalue weighted by Crippen LogP contribution is 2.40. The molecule has 1 heterocycles. The maximum atomic E-state index is 12.5. The van der Waals surface area contributed by atoms with Crippen LogP contribution in [0.4, 0.5) is 4.79 Å². The van der Waals surface area contributed by atoms with Crippen molar-refractivity contribution in [2.45, 2.75) is 70.6 Å². The van der Waals surface area contributed by atoms with Crippen LogP contribution in [0.1, 0.15) is 52.9 Å². The van der Waals surface area contributed by atoms with Gasteiger partial charge in [-0.3, -0.25) is 4.90 Å². The number of alkyl halides is 1. The van der Waals surface area contributed by atoms with E-state index in [1.807, 2.05) is 20.8 Å². The second-order valence-electron chi connectivity index (χ2n) is 6.82. The first-order chi connectivity index (χ1) is 9.83. The zero-order chi connectivity index (χ0) is 15.6. The molecule has 1 saturated carbocycles. The molecular formula is C15H24ClNO4. The van der Waals surface area contributed by atoms with Crippen molar-refractivity contribution in [3.8, 4) is 0 Å². The van der Waals surface area contributed by atoms with Crippen LogP contribution in [0.25, 0.3) is 0 Å². The number of carbonyl (C=O) groups excluding carboxylic acids is 2. The zero-order valence-electron chi connectivity index (χ0n) is 12.9. The lowest BCUT2D eigenvalue weighted by molar-refractivity contribution is -0.147. The van der Waals surface area contributed by atoms with Gasteiger partial charge in [-0.15, -0.1) is 0 Å². The lowest BCUT2D eigenvalue weighted by Crippen LogP contribution is -2.48. The molecule has 0 bridgehead atoms. The monoisotopic (exact) mass is 317 g/mol. The van der Waals surface area contributed by atoms with Crippen LogP contribution in [0, 0.1) is 5.92 Å². The standard InChI is InChI=1S/C15H24ClNO4/c1-15(2,3)21-14(19)17-11-7-5-4-6-10(11)8-12(17)13(18)20-9-16/h10-12H,4-9H2,1-3H3. The molecule has 1 aliphatic heterocycles. The number of hydrogen-bond acceptors (Lipinski definition) is 4. The van der Waals surface area contributed by atoms with E-state index in [-0.39, 0.29) is 12.1 Å². The van der Waals surface area contributed by atoms with Gasteiger partial charge in [-0.05, 0) is 46.0 Å². The minimum Gasteiger partial charge on any atom is -0.448 e. The summed E-state index contributed by atoms with van der Waals surface area (Å²) in [5.74, 6) is -0.0654. The fourth-order valence-corrected chi connectivity index (χ4v) is 3.51. The van der Waals surface area contributed by atoms with Crippen LogP contribution in [-0.4, -0.2) is 40.7 Å². The molecule has 120 valence electrons. The summed E-state index contributed by atoms with van der Waals surface area (Å²) in [7, 11) is 0. The second kappa shape index (κ2) is 6.42. The van der Waals surface area contributed by atoms with Crippen molar-refractivity contribution in [2.24, 2.45) is 5.92 Å². The first kappa shape index (κ1) is 16.4. The largest absolute Gasteiger partial charge is 0.448 e. The molecule has 5 nitrogen and oxygen atoms in total. The number of esters is 1. The van der Waals surface area contributed by atoms with E-state index in [9.17, 15) is 9.59 Å². The number of fused-ring (bicyclic) bond motifs is 1. The Hall–Kier alpha value is -0.970. The molecule has 3 unspecified atom stereocenters. The summed E-state index contributed by atoms with van der Waals surface area (Å²) in [4.78, 5) is 26.2. The Kier molecular flexibility index (Phi) is 5.02. The Labute approximate surface area is 130 Å². The van der Waals surface area contributed by atoms with Crippen LogP contribution < -0.4 is 0 Å². The number of nitrogens with zero attached hydrogens (tertiary/aromatic N) is 1. The van der Waals surface area contributed by atoms with Crippen molar-refractivity contribution in [2.75, 3.05) is 6.07 Å². The average Bonchev–Trinajstić information content (AvgIpc) is 2.76. The summed E-state index contributed by atoms with van der Waals surface area (Å²) < 4.78 is 10.4. The molecule has 1 saturated heterocycles. The number of halogens is 1. The first-order valence-corrected chi connectivity index (χ1v) is 8.11. The molecular weight excluding hydrogens is 294 g/mol. The third kappa shape index (κ3) is 3.82. The average molecular weight is 318 g/mol. The van der Waals surface area contributed by atoms with E-state index in [4.69, 9.17) is 21.1 Å². The lowest BCUT2D eigenvalue weighted by Gasteiger charge is -2.34. The number of likely N-dealkylation sites (tertiary alicyclic amines) is 1. The molecule has 2 aliphatic rings. The van der Waals surface area contributed by atoms with E-state index in [1.165, 1.54) is 0 Å². The van der Waals surface area contributed by atoms with Gasteiger partial charge in [0.05, 0.1) is 0 Å². The summed E-state index contributed by atoms with van der Waals surface area (Å²) in [6, 6.07) is -0.666. The second-order valence-corrected chi connectivity index (χ2v) is 7.04. The van der Waals surface area contributed by atoms with Crippen LogP contribution in [0.15, 0.2) is 0 Å². The van der Waals surface area contributed by atoms with Gasteiger partial charge in [0.1, 0.15) is 11.6 Å². The molecule has 0 aromatic heterocycles. The molecule has 1 amide bonds. The molecule has 21 heavy (non-hydrogen) atoms. The first-order valence-electron chi connectivity index (χ1n) is 7.57. The van der Waals surface area contributed by atoms with E-state index in [1.54, 1.807) is 4.90 Å². The molecule has 0 N–H and O–H groups in total. The number of hydrogen-bond donors (Lipinski definition) is 0. The van der Waals surface area contributed by atoms with Gasteiger partial charge in [0.15, 0.2) is 6.07 Å². The quantitative estimate of drug-likeness (QED) is 0.579. The van der Waals surface area contributed by atoms with Gasteiger partial charge < -0.3 is 9.47 Å². The minimum absolute atomic E-state index is 0.0847. The van der Waals surface area contributed by atoms with Crippen LogP contribution in [0.5, 0.6) is 0 Å². The number of amides is 1. The molecule has 0 aromatic rings. The highest BCUT2D eigenvalue weighted by atomic mass is 35.5. The molecule has 2 rings (SSSR count). The Morgan fingerprint density at radius 3 is 2.52 bits per heavy atom. The third-order valence-corrected chi connectivity index (χ3v) is 4.27. The topological polar surface area (TPSA) is 55.8 Å². The zero-order valence-corrected chi connectivity index (χ0v) is 13.7. The van der Waals surface area contributed by atoms with Gasteiger partial charge >= 0.3 is 12.1 Å². The van der Waals surface area contributed by atoms with Crippen LogP contribution in [0.2, 0.25) is 0 Å². The van der Waals surface area contributed by atoms with Gasteiger partial charge in [0.2, 0.25) is 0 Å². The number of rotatable bonds is 2. The van der Waals surface area contributed by atoms with Gasteiger partial charge in [-0.2, -0.15) is 0 Å². The lowest BCUT2D eigenvalue weighted by atomic mass is 9.85. The van der Waals surface area contributed by atoms with Crippen LogP contribution in [-0.2, 0) is 14.3 Å². The van der Waals surface area contributed by atoms with Crippen molar-refractivity contribution in [1.82, 2.24) is 4.90 Å². The summed E-state index contributed by atoms with van der Waals surface area (Å²) in [5.41, 5.74) is -0.579. The molecule has 0 spiro atoms. The maximum absolute atomic E-state index is 12.5. The van der Waals surface area contributed by atoms with Gasteiger partial charge in [0, 0.05) is 6.04 Å². The van der Waals surface area contributed by atoms with Crippen molar-refractivity contribution in [1.29, 1.82) is 0 Å². The fraction of sp³-hybridized carbons (Fsp3) is 0.867. The van der Waals surface area contributed by atoms with Gasteiger partial charge in [0.25, 0.3) is 0 Å². The Balaban J connectivity index is 2.18. The minimum atomic E-state index is -0.579. The number of ether oxygens (including phenoxy) is 2. The Morgan fingerprint density at radius 1 is 1.24 bits per heavy atom. The van der Waals surface area contributed by atoms with E-state index >= 15 is 0 Å². The third-order valence-electron chi connectivity index (χ3n) is 4.16. The fourth-order valence-electron chi connectivity index (χ4n) is 3.40. The predicted molar refractivity (Wildman–Crippen MR) is 79.0 cm³/mol. The predicted octanol–water partition coefficient (Wildman–Crippen LogP) is 3.29. The van der Waals surface area contributed by atoms with Crippen LogP contribution >= 0.6 is 11.6 Å². The molecule has 6 heteroatoms. The SMILES string of the molecule is CC(C)(C)OC(=O)N1C(C(=O)OCCl)CC2CCCCC21. The van der Waals surface area contributed by atoms with E-state index in [0.29, 0.717) is 12.3 Å². The highest BCUT2D eigenvalue weighted by molar-refractivity contribution is 6.17. The summed E-state index contributed by atoms with van der Waals surface area (Å²) in [6.07, 6.45) is 4.44. The molecule has 1 aliphatic carbocycles. The molecule has 2 fully saturated rings. The molecule has 0 radical (unpaired) electrons. The summed E-state index contributed by atoms with van der Waals surface area (Å²) in [6.45, 7) is 5.47. The van der Waals surface area contributed by atoms with Crippen molar-refractivity contribution in [3.05, 3.63) is 0 Å². The Morgan fingerprint density at radius 2 is 1.90 bits per heavy atom. The van der Waals surface area contributed by atoms with Crippen molar-refractivity contribution >= 4 is 23.7 Å². The van der Waals surface area contributed by atoms with E-state index < -0.39 is 23.7 Å². The Bertz CT molecular complexity index is 407. The smallest absolute Gasteiger partial charge is 0.411 e. The van der Waals surface area contributed by atoms with E-state index in [0.717, 1.165) is 25.7 Å². The van der Waals surface area contributed by atoms with Crippen molar-refractivity contribution < 1.29 is 19.1 Å². The van der Waals surface area contributed by atoms with E-state index in [2.05, 4.69) is 0 Å². The molecule has 3 atom stereocenters. The van der Waals surface area contributed by atoms with Crippen molar-refractivity contribution in [3.63, 3.8) is 0 Å². The van der Waals surface area contributed by atoms with Crippen LogP contribution in [0.3, 0.4) is 0 Å².